The Labute approximate surface area is 89.6 Å². The van der Waals surface area contributed by atoms with Crippen LogP contribution in [-0.2, 0) is 9.47 Å². The van der Waals surface area contributed by atoms with E-state index in [9.17, 15) is 0 Å². The fraction of sp³-hybridized carbons (Fsp3) is 0.500. The van der Waals surface area contributed by atoms with Crippen molar-refractivity contribution in [2.24, 2.45) is 0 Å². The number of nitrogens with zero attached hydrogens (tertiary/aromatic N) is 1. The van der Waals surface area contributed by atoms with E-state index in [4.69, 9.17) is 9.47 Å². The second-order valence-electron chi connectivity index (χ2n) is 4.13. The number of hydrogen-bond acceptors (Lipinski definition) is 3. The van der Waals surface area contributed by atoms with Crippen LogP contribution in [0, 0.1) is 0 Å². The maximum atomic E-state index is 5.30. The molecule has 3 nitrogen and oxygen atoms in total. The third kappa shape index (κ3) is 1.98. The molecule has 2 aliphatic rings. The van der Waals surface area contributed by atoms with Crippen LogP contribution in [0.5, 0.6) is 0 Å². The molecule has 0 radical (unpaired) electrons. The molecule has 0 aromatic heterocycles. The van der Waals surface area contributed by atoms with E-state index < -0.39 is 0 Å². The first-order valence-corrected chi connectivity index (χ1v) is 5.44. The van der Waals surface area contributed by atoms with E-state index in [1.807, 2.05) is 6.07 Å². The number of benzene rings is 1. The number of epoxide rings is 1. The number of rotatable bonds is 4. The van der Waals surface area contributed by atoms with Crippen LogP contribution in [0.25, 0.3) is 0 Å². The summed E-state index contributed by atoms with van der Waals surface area (Å²) in [6, 6.07) is 11.1. The quantitative estimate of drug-likeness (QED) is 0.692. The molecule has 3 heteroatoms. The van der Waals surface area contributed by atoms with E-state index in [1.54, 1.807) is 0 Å². The number of para-hydroxylation sites is 1. The van der Waals surface area contributed by atoms with Gasteiger partial charge in [0.1, 0.15) is 0 Å². The molecule has 2 aliphatic heterocycles. The largest absolute Gasteiger partial charge is 0.377 e. The van der Waals surface area contributed by atoms with Crippen LogP contribution >= 0.6 is 0 Å². The van der Waals surface area contributed by atoms with Crippen molar-refractivity contribution in [3.05, 3.63) is 30.3 Å². The Morgan fingerprint density at radius 3 is 2.40 bits per heavy atom. The molecule has 1 atom stereocenters. The summed E-state index contributed by atoms with van der Waals surface area (Å²) in [5.41, 5.74) is 1.28. The minimum Gasteiger partial charge on any atom is -0.377 e. The van der Waals surface area contributed by atoms with Crippen molar-refractivity contribution in [1.82, 2.24) is 0 Å². The second-order valence-corrected chi connectivity index (χ2v) is 4.13. The maximum absolute atomic E-state index is 5.30. The van der Waals surface area contributed by atoms with Crippen LogP contribution < -0.4 is 4.90 Å². The highest BCUT2D eigenvalue weighted by Gasteiger charge is 2.32. The Morgan fingerprint density at radius 2 is 1.87 bits per heavy atom. The highest BCUT2D eigenvalue weighted by atomic mass is 16.6. The zero-order valence-electron chi connectivity index (χ0n) is 8.63. The molecule has 0 spiro atoms. The van der Waals surface area contributed by atoms with Crippen LogP contribution in [0.4, 0.5) is 5.69 Å². The molecule has 0 N–H and O–H groups in total. The van der Waals surface area contributed by atoms with Gasteiger partial charge in [0.05, 0.1) is 32.0 Å². The van der Waals surface area contributed by atoms with Gasteiger partial charge in [-0.15, -0.1) is 0 Å². The van der Waals surface area contributed by atoms with Gasteiger partial charge in [0.15, 0.2) is 0 Å². The predicted molar refractivity (Wildman–Crippen MR) is 58.1 cm³/mol. The summed E-state index contributed by atoms with van der Waals surface area (Å²) in [6.07, 6.45) is 0.436. The molecule has 80 valence electrons. The van der Waals surface area contributed by atoms with Crippen molar-refractivity contribution in [3.63, 3.8) is 0 Å². The SMILES string of the molecule is c1ccc(N(CC2CO2)C2COC2)cc1. The van der Waals surface area contributed by atoms with Gasteiger partial charge in [-0.25, -0.2) is 0 Å². The van der Waals surface area contributed by atoms with Gasteiger partial charge in [-0.05, 0) is 12.1 Å². The summed E-state index contributed by atoms with van der Waals surface area (Å²) in [4.78, 5) is 2.40. The Bertz CT molecular complexity index is 320. The van der Waals surface area contributed by atoms with Gasteiger partial charge in [-0.3, -0.25) is 0 Å². The van der Waals surface area contributed by atoms with Gasteiger partial charge in [0.2, 0.25) is 0 Å². The lowest BCUT2D eigenvalue weighted by Crippen LogP contribution is -2.50. The van der Waals surface area contributed by atoms with Gasteiger partial charge in [0, 0.05) is 12.2 Å². The van der Waals surface area contributed by atoms with Crippen LogP contribution in [0.15, 0.2) is 30.3 Å². The first kappa shape index (κ1) is 9.19. The highest BCUT2D eigenvalue weighted by molar-refractivity contribution is 5.48. The van der Waals surface area contributed by atoms with Gasteiger partial charge in [-0.1, -0.05) is 18.2 Å². The van der Waals surface area contributed by atoms with Crippen molar-refractivity contribution < 1.29 is 9.47 Å². The standard InChI is InChI=1S/C12H15NO2/c1-2-4-10(5-3-1)13(6-12-9-15-12)11-7-14-8-11/h1-5,11-12H,6-9H2. The lowest BCUT2D eigenvalue weighted by Gasteiger charge is -2.38. The average molecular weight is 205 g/mol. The lowest BCUT2D eigenvalue weighted by molar-refractivity contribution is 0.00764. The first-order valence-electron chi connectivity index (χ1n) is 5.44. The van der Waals surface area contributed by atoms with Crippen molar-refractivity contribution in [1.29, 1.82) is 0 Å². The molecule has 0 bridgehead atoms. The van der Waals surface area contributed by atoms with Gasteiger partial charge in [-0.2, -0.15) is 0 Å². The van der Waals surface area contributed by atoms with E-state index in [0.717, 1.165) is 26.4 Å². The van der Waals surface area contributed by atoms with Crippen LogP contribution in [0.3, 0.4) is 0 Å². The third-order valence-electron chi connectivity index (χ3n) is 2.95. The minimum atomic E-state index is 0.436. The molecule has 0 amide bonds. The normalized spacial score (nSPS) is 24.7. The Morgan fingerprint density at radius 1 is 1.13 bits per heavy atom. The van der Waals surface area contributed by atoms with Crippen molar-refractivity contribution in [2.75, 3.05) is 31.3 Å². The molecule has 2 fully saturated rings. The van der Waals surface area contributed by atoms with Gasteiger partial charge < -0.3 is 14.4 Å². The highest BCUT2D eigenvalue weighted by Crippen LogP contribution is 2.23. The summed E-state index contributed by atoms with van der Waals surface area (Å²) >= 11 is 0. The Kier molecular flexibility index (Phi) is 2.35. The molecular formula is C12H15NO2. The van der Waals surface area contributed by atoms with Gasteiger partial charge >= 0.3 is 0 Å². The molecule has 15 heavy (non-hydrogen) atoms. The molecular weight excluding hydrogens is 190 g/mol. The third-order valence-corrected chi connectivity index (χ3v) is 2.95. The fourth-order valence-corrected chi connectivity index (χ4v) is 1.88. The van der Waals surface area contributed by atoms with Crippen molar-refractivity contribution >= 4 is 5.69 Å². The fourth-order valence-electron chi connectivity index (χ4n) is 1.88. The first-order chi connectivity index (χ1) is 7.43. The van der Waals surface area contributed by atoms with Crippen LogP contribution in [0.1, 0.15) is 0 Å². The molecule has 1 unspecified atom stereocenters. The predicted octanol–water partition coefficient (Wildman–Crippen LogP) is 1.29. The summed E-state index contributed by atoms with van der Waals surface area (Å²) in [6.45, 7) is 3.61. The monoisotopic (exact) mass is 205 g/mol. The minimum absolute atomic E-state index is 0.436. The Hall–Kier alpha value is -1.06. The Balaban J connectivity index is 1.75. The summed E-state index contributed by atoms with van der Waals surface area (Å²) < 4.78 is 10.6. The smallest absolute Gasteiger partial charge is 0.0984 e. The molecule has 2 saturated heterocycles. The van der Waals surface area contributed by atoms with E-state index in [0.29, 0.717) is 12.1 Å². The maximum Gasteiger partial charge on any atom is 0.0984 e. The topological polar surface area (TPSA) is 25.0 Å². The van der Waals surface area contributed by atoms with Crippen LogP contribution in [0.2, 0.25) is 0 Å². The molecule has 1 aromatic carbocycles. The van der Waals surface area contributed by atoms with Gasteiger partial charge in [0.25, 0.3) is 0 Å². The van der Waals surface area contributed by atoms with E-state index in [2.05, 4.69) is 29.2 Å². The zero-order chi connectivity index (χ0) is 10.1. The zero-order valence-corrected chi connectivity index (χ0v) is 8.63. The molecule has 2 heterocycles. The van der Waals surface area contributed by atoms with Crippen LogP contribution in [-0.4, -0.2) is 38.5 Å². The molecule has 0 aliphatic carbocycles. The summed E-state index contributed by atoms with van der Waals surface area (Å²) in [7, 11) is 0. The summed E-state index contributed by atoms with van der Waals surface area (Å²) in [5, 5.41) is 0. The molecule has 1 aromatic rings. The number of hydrogen-bond donors (Lipinski definition) is 0. The van der Waals surface area contributed by atoms with E-state index in [1.165, 1.54) is 5.69 Å². The van der Waals surface area contributed by atoms with Crippen molar-refractivity contribution in [2.45, 2.75) is 12.1 Å². The second kappa shape index (κ2) is 3.83. The lowest BCUT2D eigenvalue weighted by atomic mass is 10.1. The average Bonchev–Trinajstić information content (AvgIpc) is 2.99. The number of ether oxygens (including phenoxy) is 2. The molecule has 0 saturated carbocycles. The number of anilines is 1. The van der Waals surface area contributed by atoms with E-state index in [-0.39, 0.29) is 0 Å². The van der Waals surface area contributed by atoms with E-state index >= 15 is 0 Å². The molecule has 3 rings (SSSR count). The van der Waals surface area contributed by atoms with Crippen molar-refractivity contribution in [3.8, 4) is 0 Å². The summed E-state index contributed by atoms with van der Waals surface area (Å²) in [5.74, 6) is 0.